The number of ketones is 3. The van der Waals surface area contributed by atoms with E-state index in [-0.39, 0.29) is 41.7 Å². The largest absolute Gasteiger partial charge is 0.489 e. The van der Waals surface area contributed by atoms with Gasteiger partial charge < -0.3 is 4.74 Å². The van der Waals surface area contributed by atoms with Crippen LogP contribution < -0.4 is 0 Å². The van der Waals surface area contributed by atoms with E-state index in [2.05, 4.69) is 0 Å². The molecule has 0 saturated carbocycles. The maximum Gasteiger partial charge on any atom is 0.228 e. The summed E-state index contributed by atoms with van der Waals surface area (Å²) in [4.78, 5) is 35.9. The number of hydrogen-bond donors (Lipinski definition) is 0. The molecular formula is C15H14O4. The maximum atomic E-state index is 12.3. The second-order valence-electron chi connectivity index (χ2n) is 4.32. The molecule has 19 heavy (non-hydrogen) atoms. The predicted molar refractivity (Wildman–Crippen MR) is 69.1 cm³/mol. The Bertz CT molecular complexity index is 596. The zero-order valence-electron chi connectivity index (χ0n) is 10.9. The van der Waals surface area contributed by atoms with Crippen molar-refractivity contribution in [3.8, 4) is 0 Å². The highest BCUT2D eigenvalue weighted by Gasteiger charge is 2.33. The van der Waals surface area contributed by atoms with Gasteiger partial charge in [-0.15, -0.1) is 0 Å². The van der Waals surface area contributed by atoms with E-state index in [1.54, 1.807) is 31.2 Å². The molecular weight excluding hydrogens is 244 g/mol. The van der Waals surface area contributed by atoms with Crippen LogP contribution in [0.1, 0.15) is 41.0 Å². The molecule has 0 aromatic heterocycles. The number of ether oxygens (including phenoxy) is 1. The molecule has 1 aliphatic rings. The zero-order chi connectivity index (χ0) is 14.0. The zero-order valence-corrected chi connectivity index (χ0v) is 10.9. The van der Waals surface area contributed by atoms with Gasteiger partial charge in [0.15, 0.2) is 11.5 Å². The number of allylic oxidation sites excluding steroid dienone is 2. The van der Waals surface area contributed by atoms with Gasteiger partial charge in [-0.25, -0.2) is 0 Å². The molecule has 0 spiro atoms. The van der Waals surface area contributed by atoms with Crippen molar-refractivity contribution in [1.29, 1.82) is 0 Å². The van der Waals surface area contributed by atoms with Gasteiger partial charge in [-0.1, -0.05) is 24.3 Å². The molecule has 0 atom stereocenters. The minimum atomic E-state index is -0.326. The Hall–Kier alpha value is -2.23. The monoisotopic (exact) mass is 258 g/mol. The van der Waals surface area contributed by atoms with E-state index in [0.717, 1.165) is 0 Å². The Kier molecular flexibility index (Phi) is 3.60. The third-order valence-corrected chi connectivity index (χ3v) is 2.89. The molecule has 0 heterocycles. The molecule has 0 aliphatic heterocycles. The van der Waals surface area contributed by atoms with E-state index in [1.807, 2.05) is 0 Å². The van der Waals surface area contributed by atoms with E-state index in [1.165, 1.54) is 6.92 Å². The van der Waals surface area contributed by atoms with Gasteiger partial charge in [0.1, 0.15) is 5.78 Å². The molecule has 98 valence electrons. The lowest BCUT2D eigenvalue weighted by atomic mass is 9.86. The van der Waals surface area contributed by atoms with Gasteiger partial charge in [0.2, 0.25) is 5.78 Å². The number of hydrogen-bond acceptors (Lipinski definition) is 4. The minimum Gasteiger partial charge on any atom is -0.489 e. The van der Waals surface area contributed by atoms with E-state index < -0.39 is 0 Å². The molecule has 0 fully saturated rings. The molecule has 0 N–H and O–H groups in total. The Labute approximate surface area is 111 Å². The van der Waals surface area contributed by atoms with Crippen molar-refractivity contribution in [2.75, 3.05) is 6.61 Å². The average molecular weight is 258 g/mol. The molecule has 0 amide bonds. The molecule has 0 unspecified atom stereocenters. The second kappa shape index (κ2) is 5.18. The highest BCUT2D eigenvalue weighted by molar-refractivity contribution is 6.27. The average Bonchev–Trinajstić information content (AvgIpc) is 2.39. The summed E-state index contributed by atoms with van der Waals surface area (Å²) in [6, 6.07) is 6.59. The van der Waals surface area contributed by atoms with Crippen molar-refractivity contribution < 1.29 is 19.1 Å². The summed E-state index contributed by atoms with van der Waals surface area (Å²) in [7, 11) is 0. The van der Waals surface area contributed by atoms with Crippen LogP contribution in [0.15, 0.2) is 35.6 Å². The van der Waals surface area contributed by atoms with Crippen LogP contribution in [0.3, 0.4) is 0 Å². The number of carbonyl (C=O) groups excluding carboxylic acids is 3. The van der Waals surface area contributed by atoms with Gasteiger partial charge in [-0.05, 0) is 13.8 Å². The summed E-state index contributed by atoms with van der Waals surface area (Å²) in [6.45, 7) is 3.39. The first-order valence-electron chi connectivity index (χ1n) is 6.10. The summed E-state index contributed by atoms with van der Waals surface area (Å²) >= 11 is 0. The van der Waals surface area contributed by atoms with Crippen molar-refractivity contribution in [2.45, 2.75) is 20.3 Å². The van der Waals surface area contributed by atoms with E-state index in [4.69, 9.17) is 4.74 Å². The molecule has 4 nitrogen and oxygen atoms in total. The highest BCUT2D eigenvalue weighted by Crippen LogP contribution is 2.28. The summed E-state index contributed by atoms with van der Waals surface area (Å²) in [5.41, 5.74) is 0.841. The van der Waals surface area contributed by atoms with Crippen LogP contribution in [0, 0.1) is 0 Å². The molecule has 0 saturated heterocycles. The minimum absolute atomic E-state index is 0.0152. The predicted octanol–water partition coefficient (Wildman–Crippen LogP) is 2.34. The van der Waals surface area contributed by atoms with Crippen molar-refractivity contribution in [3.63, 3.8) is 0 Å². The van der Waals surface area contributed by atoms with E-state index >= 15 is 0 Å². The first-order chi connectivity index (χ1) is 9.06. The first-order valence-corrected chi connectivity index (χ1v) is 6.10. The quantitative estimate of drug-likeness (QED) is 0.831. The fraction of sp³-hybridized carbons (Fsp3) is 0.267. The van der Waals surface area contributed by atoms with Gasteiger partial charge >= 0.3 is 0 Å². The van der Waals surface area contributed by atoms with Crippen LogP contribution in [0.2, 0.25) is 0 Å². The summed E-state index contributed by atoms with van der Waals surface area (Å²) in [5.74, 6) is -0.781. The Morgan fingerprint density at radius 1 is 1.11 bits per heavy atom. The lowest BCUT2D eigenvalue weighted by molar-refractivity contribution is -0.116. The fourth-order valence-corrected chi connectivity index (χ4v) is 2.11. The molecule has 1 aromatic carbocycles. The molecule has 0 bridgehead atoms. The smallest absolute Gasteiger partial charge is 0.228 e. The fourth-order valence-electron chi connectivity index (χ4n) is 2.11. The molecule has 4 heteroatoms. The summed E-state index contributed by atoms with van der Waals surface area (Å²) in [5, 5.41) is 0. The molecule has 1 aromatic rings. The number of fused-ring (bicyclic) bond motifs is 1. The molecule has 0 radical (unpaired) electrons. The Morgan fingerprint density at radius 2 is 1.68 bits per heavy atom. The van der Waals surface area contributed by atoms with Crippen LogP contribution in [0.4, 0.5) is 0 Å². The highest BCUT2D eigenvalue weighted by atomic mass is 16.5. The summed E-state index contributed by atoms with van der Waals surface area (Å²) < 4.78 is 5.29. The topological polar surface area (TPSA) is 60.4 Å². The van der Waals surface area contributed by atoms with Crippen LogP contribution in [-0.4, -0.2) is 24.0 Å². The van der Waals surface area contributed by atoms with Gasteiger partial charge in [0, 0.05) is 17.5 Å². The van der Waals surface area contributed by atoms with Crippen LogP contribution in [0.5, 0.6) is 0 Å². The Morgan fingerprint density at radius 3 is 2.21 bits per heavy atom. The third-order valence-electron chi connectivity index (χ3n) is 2.89. The van der Waals surface area contributed by atoms with Gasteiger partial charge in [-0.3, -0.25) is 14.4 Å². The number of benzene rings is 1. The van der Waals surface area contributed by atoms with Gasteiger partial charge in [0.25, 0.3) is 0 Å². The lowest BCUT2D eigenvalue weighted by Crippen LogP contribution is -2.24. The third kappa shape index (κ3) is 2.34. The number of rotatable bonds is 4. The van der Waals surface area contributed by atoms with Crippen molar-refractivity contribution in [1.82, 2.24) is 0 Å². The van der Waals surface area contributed by atoms with Crippen molar-refractivity contribution in [2.24, 2.45) is 0 Å². The standard InChI is InChI=1S/C15H14O4/c1-3-19-15-12(8-9(2)16)13(17)10-6-4-5-7-11(10)14(15)18/h4-7H,3,8H2,1-2H3. The van der Waals surface area contributed by atoms with Crippen molar-refractivity contribution >= 4 is 17.3 Å². The molecule has 1 aliphatic carbocycles. The second-order valence-corrected chi connectivity index (χ2v) is 4.32. The van der Waals surface area contributed by atoms with Crippen LogP contribution >= 0.6 is 0 Å². The van der Waals surface area contributed by atoms with Gasteiger partial charge in [0.05, 0.1) is 12.2 Å². The van der Waals surface area contributed by atoms with Crippen LogP contribution in [0.25, 0.3) is 0 Å². The van der Waals surface area contributed by atoms with Crippen LogP contribution in [-0.2, 0) is 9.53 Å². The number of Topliss-reactive ketones (excluding diaryl/α,β-unsaturated/α-hetero) is 3. The first kappa shape index (κ1) is 13.2. The Balaban J connectivity index is 2.58. The normalized spacial score (nSPS) is 14.4. The van der Waals surface area contributed by atoms with E-state index in [9.17, 15) is 14.4 Å². The lowest BCUT2D eigenvalue weighted by Gasteiger charge is -2.20. The summed E-state index contributed by atoms with van der Waals surface area (Å²) in [6.07, 6.45) is -0.0752. The molecule has 2 rings (SSSR count). The maximum absolute atomic E-state index is 12.3. The van der Waals surface area contributed by atoms with Gasteiger partial charge in [-0.2, -0.15) is 0 Å². The van der Waals surface area contributed by atoms with Crippen molar-refractivity contribution in [3.05, 3.63) is 46.7 Å². The number of carbonyl (C=O) groups is 3. The van der Waals surface area contributed by atoms with E-state index in [0.29, 0.717) is 11.1 Å². The SMILES string of the molecule is CCOC1=C(CC(C)=O)C(=O)c2ccccc2C1=O.